The molecular weight excluding hydrogens is 336 g/mol. The molecule has 1 aromatic carbocycles. The average molecular weight is 362 g/mol. The Hall–Kier alpha value is -2.44. The number of likely N-dealkylation sites (tertiary alicyclic amines) is 1. The highest BCUT2D eigenvalue weighted by atomic mass is 16.5. The molecule has 0 bridgehead atoms. The van der Waals surface area contributed by atoms with Crippen LogP contribution in [-0.2, 0) is 4.79 Å². The molecule has 1 saturated heterocycles. The first kappa shape index (κ1) is 18.4. The number of hydrogen-bond donors (Lipinski definition) is 2. The highest BCUT2D eigenvalue weighted by Crippen LogP contribution is 2.48. The number of methoxy groups -OCH3 is 1. The van der Waals surface area contributed by atoms with Crippen LogP contribution in [0.25, 0.3) is 0 Å². The zero-order valence-corrected chi connectivity index (χ0v) is 15.2. The molecule has 2 amide bonds. The van der Waals surface area contributed by atoms with Gasteiger partial charge in [-0.25, -0.2) is 4.79 Å². The number of carbonyl (C=O) groups is 2. The number of urea groups is 1. The molecule has 3 atom stereocenters. The van der Waals surface area contributed by atoms with Gasteiger partial charge in [-0.2, -0.15) is 0 Å². The van der Waals surface area contributed by atoms with Crippen LogP contribution in [0.5, 0.6) is 11.5 Å². The molecule has 26 heavy (non-hydrogen) atoms. The number of hydrogen-bond acceptors (Lipinski definition) is 4. The summed E-state index contributed by atoms with van der Waals surface area (Å²) in [6.45, 7) is 3.05. The summed E-state index contributed by atoms with van der Waals surface area (Å²) in [6, 6.07) is 7.04. The zero-order chi connectivity index (χ0) is 18.7. The van der Waals surface area contributed by atoms with Crippen LogP contribution in [0.1, 0.15) is 26.2 Å². The average Bonchev–Trinajstić information content (AvgIpc) is 3.19. The molecule has 7 heteroatoms. The van der Waals surface area contributed by atoms with E-state index >= 15 is 0 Å². The fourth-order valence-corrected chi connectivity index (χ4v) is 4.06. The Labute approximate surface area is 153 Å². The van der Waals surface area contributed by atoms with Gasteiger partial charge in [0, 0.05) is 13.1 Å². The van der Waals surface area contributed by atoms with Gasteiger partial charge in [0.1, 0.15) is 17.6 Å². The quantitative estimate of drug-likeness (QED) is 0.811. The van der Waals surface area contributed by atoms with Crippen LogP contribution in [0.3, 0.4) is 0 Å². The van der Waals surface area contributed by atoms with Crippen molar-refractivity contribution < 1.29 is 24.2 Å². The van der Waals surface area contributed by atoms with Gasteiger partial charge in [0.25, 0.3) is 0 Å². The summed E-state index contributed by atoms with van der Waals surface area (Å²) in [7, 11) is 1.61. The Morgan fingerprint density at radius 1 is 1.35 bits per heavy atom. The monoisotopic (exact) mass is 362 g/mol. The van der Waals surface area contributed by atoms with Crippen LogP contribution in [0.4, 0.5) is 4.79 Å². The van der Waals surface area contributed by atoms with E-state index in [1.165, 1.54) is 0 Å². The van der Waals surface area contributed by atoms with Crippen molar-refractivity contribution in [3.8, 4) is 11.5 Å². The molecule has 1 aliphatic heterocycles. The fraction of sp³-hybridized carbons (Fsp3) is 0.579. The van der Waals surface area contributed by atoms with Crippen LogP contribution >= 0.6 is 0 Å². The van der Waals surface area contributed by atoms with Gasteiger partial charge < -0.3 is 24.8 Å². The highest BCUT2D eigenvalue weighted by molar-refractivity contribution is 5.80. The normalized spacial score (nSPS) is 25.5. The lowest BCUT2D eigenvalue weighted by Crippen LogP contribution is -2.44. The molecule has 0 aromatic heterocycles. The number of carboxylic acid groups (broad SMARTS) is 1. The van der Waals surface area contributed by atoms with E-state index < -0.39 is 11.4 Å². The summed E-state index contributed by atoms with van der Waals surface area (Å²) in [4.78, 5) is 25.8. The van der Waals surface area contributed by atoms with Gasteiger partial charge in [0.05, 0.1) is 19.1 Å². The number of benzene rings is 1. The van der Waals surface area contributed by atoms with E-state index in [9.17, 15) is 14.7 Å². The lowest BCUT2D eigenvalue weighted by molar-refractivity contribution is -0.149. The van der Waals surface area contributed by atoms with Gasteiger partial charge in [-0.05, 0) is 49.9 Å². The summed E-state index contributed by atoms with van der Waals surface area (Å²) in [5.74, 6) is 0.753. The topological polar surface area (TPSA) is 88.1 Å². The summed E-state index contributed by atoms with van der Waals surface area (Å²) in [5, 5.41) is 12.5. The minimum Gasteiger partial charge on any atom is -0.497 e. The number of nitrogens with one attached hydrogen (secondary N) is 1. The Kier molecular flexibility index (Phi) is 5.25. The minimum absolute atomic E-state index is 0.0683. The van der Waals surface area contributed by atoms with Crippen molar-refractivity contribution in [2.45, 2.75) is 32.3 Å². The van der Waals surface area contributed by atoms with Gasteiger partial charge >= 0.3 is 12.0 Å². The molecule has 2 N–H and O–H groups in total. The number of nitrogens with zero attached hydrogens (tertiary/aromatic N) is 1. The zero-order valence-electron chi connectivity index (χ0n) is 15.2. The maximum absolute atomic E-state index is 12.4. The third-order valence-electron chi connectivity index (χ3n) is 5.52. The fourth-order valence-electron chi connectivity index (χ4n) is 4.06. The number of carbonyl (C=O) groups excluding carboxylic acids is 1. The number of rotatable bonds is 6. The summed E-state index contributed by atoms with van der Waals surface area (Å²) < 4.78 is 10.9. The summed E-state index contributed by atoms with van der Waals surface area (Å²) in [5.41, 5.74) is -0.747. The molecule has 1 unspecified atom stereocenters. The molecule has 0 spiro atoms. The van der Waals surface area contributed by atoms with Gasteiger partial charge in [-0.15, -0.1) is 0 Å². The van der Waals surface area contributed by atoms with Gasteiger partial charge in [-0.3, -0.25) is 4.79 Å². The second-order valence-electron chi connectivity index (χ2n) is 7.22. The van der Waals surface area contributed by atoms with E-state index in [1.807, 2.05) is 31.2 Å². The van der Waals surface area contributed by atoms with E-state index in [2.05, 4.69) is 5.32 Å². The predicted molar refractivity (Wildman–Crippen MR) is 95.5 cm³/mol. The van der Waals surface area contributed by atoms with E-state index in [4.69, 9.17) is 9.47 Å². The Morgan fingerprint density at radius 3 is 2.65 bits per heavy atom. The van der Waals surface area contributed by atoms with E-state index in [1.54, 1.807) is 12.0 Å². The second-order valence-corrected chi connectivity index (χ2v) is 7.22. The first-order valence-electron chi connectivity index (χ1n) is 9.01. The van der Waals surface area contributed by atoms with Crippen molar-refractivity contribution in [3.05, 3.63) is 24.3 Å². The SMILES string of the molecule is COc1ccc(OC(C)CNC(=O)N2C[C@@H]3CCC[C@@]3(C(=O)O)C2)cc1. The summed E-state index contributed by atoms with van der Waals surface area (Å²) >= 11 is 0. The molecule has 142 valence electrons. The molecular formula is C19H26N2O5. The molecule has 7 nitrogen and oxygen atoms in total. The molecule has 2 fully saturated rings. The van der Waals surface area contributed by atoms with Crippen LogP contribution in [0.15, 0.2) is 24.3 Å². The summed E-state index contributed by atoms with van der Waals surface area (Å²) in [6.07, 6.45) is 2.27. The van der Waals surface area contributed by atoms with Crippen molar-refractivity contribution in [2.24, 2.45) is 11.3 Å². The first-order valence-corrected chi connectivity index (χ1v) is 9.01. The Bertz CT molecular complexity index is 662. The van der Waals surface area contributed by atoms with Crippen LogP contribution in [0.2, 0.25) is 0 Å². The van der Waals surface area contributed by atoms with Crippen molar-refractivity contribution >= 4 is 12.0 Å². The van der Waals surface area contributed by atoms with Crippen molar-refractivity contribution in [2.75, 3.05) is 26.7 Å². The third kappa shape index (κ3) is 3.57. The van der Waals surface area contributed by atoms with Crippen molar-refractivity contribution in [1.82, 2.24) is 10.2 Å². The lowest BCUT2D eigenvalue weighted by Gasteiger charge is -2.24. The van der Waals surface area contributed by atoms with Crippen LogP contribution in [-0.4, -0.2) is 54.9 Å². The van der Waals surface area contributed by atoms with Crippen LogP contribution < -0.4 is 14.8 Å². The van der Waals surface area contributed by atoms with E-state index in [-0.39, 0.29) is 18.1 Å². The van der Waals surface area contributed by atoms with Crippen molar-refractivity contribution in [1.29, 1.82) is 0 Å². The smallest absolute Gasteiger partial charge is 0.317 e. The number of amides is 2. The van der Waals surface area contributed by atoms with E-state index in [0.29, 0.717) is 31.8 Å². The van der Waals surface area contributed by atoms with E-state index in [0.717, 1.165) is 18.6 Å². The number of ether oxygens (including phenoxy) is 2. The third-order valence-corrected chi connectivity index (χ3v) is 5.52. The highest BCUT2D eigenvalue weighted by Gasteiger charge is 2.55. The number of fused-ring (bicyclic) bond motifs is 1. The van der Waals surface area contributed by atoms with Crippen LogP contribution in [0, 0.1) is 11.3 Å². The van der Waals surface area contributed by atoms with Gasteiger partial charge in [-0.1, -0.05) is 6.42 Å². The first-order chi connectivity index (χ1) is 12.4. The molecule has 2 aliphatic rings. The second kappa shape index (κ2) is 7.43. The maximum atomic E-state index is 12.4. The number of aliphatic carboxylic acids is 1. The standard InChI is InChI=1S/C19H26N2O5/c1-13(26-16-7-5-15(25-2)6-8-16)10-20-18(24)21-11-14-4-3-9-19(14,12-21)17(22)23/h5-8,13-14H,3-4,9-12H2,1-2H3,(H,20,24)(H,22,23)/t13?,14-,19+/m0/s1. The Morgan fingerprint density at radius 2 is 2.04 bits per heavy atom. The molecule has 1 aromatic rings. The molecule has 0 radical (unpaired) electrons. The van der Waals surface area contributed by atoms with Gasteiger partial charge in [0.15, 0.2) is 0 Å². The molecule has 1 heterocycles. The lowest BCUT2D eigenvalue weighted by atomic mass is 9.81. The molecule has 3 rings (SSSR count). The largest absolute Gasteiger partial charge is 0.497 e. The maximum Gasteiger partial charge on any atom is 0.317 e. The molecule has 1 aliphatic carbocycles. The van der Waals surface area contributed by atoms with Gasteiger partial charge in [0.2, 0.25) is 0 Å². The minimum atomic E-state index is -0.772. The van der Waals surface area contributed by atoms with Crippen molar-refractivity contribution in [3.63, 3.8) is 0 Å². The predicted octanol–water partition coefficient (Wildman–Crippen LogP) is 2.36. The number of carboxylic acids is 1. The Balaban J connectivity index is 1.48. The molecule has 1 saturated carbocycles.